The highest BCUT2D eigenvalue weighted by Crippen LogP contribution is 2.21. The monoisotopic (exact) mass is 272 g/mol. The number of fused-ring (bicyclic) bond motifs is 1. The van der Waals surface area contributed by atoms with Crippen LogP contribution in [0.15, 0.2) is 34.9 Å². The molecule has 0 bridgehead atoms. The molecule has 1 saturated heterocycles. The van der Waals surface area contributed by atoms with Crippen molar-refractivity contribution < 1.29 is 18.8 Å². The number of piperazine rings is 1. The third-order valence-electron chi connectivity index (χ3n) is 3.16. The lowest BCUT2D eigenvalue weighted by atomic mass is 10.1. The van der Waals surface area contributed by atoms with Crippen molar-refractivity contribution in [2.24, 2.45) is 0 Å². The fraction of sp³-hybridized carbons (Fsp3) is 0.214. The van der Waals surface area contributed by atoms with Crippen LogP contribution in [0, 0.1) is 0 Å². The first-order chi connectivity index (χ1) is 9.63. The van der Waals surface area contributed by atoms with Crippen molar-refractivity contribution in [3.63, 3.8) is 0 Å². The van der Waals surface area contributed by atoms with E-state index < -0.39 is 0 Å². The summed E-state index contributed by atoms with van der Waals surface area (Å²) in [5, 5.41) is 2.94. The number of nitrogens with zero attached hydrogens (tertiary/aromatic N) is 1. The number of rotatable bonds is 3. The van der Waals surface area contributed by atoms with E-state index in [1.54, 1.807) is 12.1 Å². The summed E-state index contributed by atoms with van der Waals surface area (Å²) in [7, 11) is 0. The molecule has 2 aromatic rings. The van der Waals surface area contributed by atoms with Crippen molar-refractivity contribution in [1.82, 2.24) is 10.2 Å². The number of para-hydroxylation sites is 1. The highest BCUT2D eigenvalue weighted by Gasteiger charge is 2.25. The van der Waals surface area contributed by atoms with Crippen LogP contribution in [0.25, 0.3) is 11.0 Å². The minimum absolute atomic E-state index is 0.0166. The molecule has 102 valence electrons. The molecular weight excluding hydrogens is 260 g/mol. The molecule has 1 fully saturated rings. The summed E-state index contributed by atoms with van der Waals surface area (Å²) < 4.78 is 5.32. The van der Waals surface area contributed by atoms with E-state index in [0.29, 0.717) is 11.1 Å². The van der Waals surface area contributed by atoms with Gasteiger partial charge in [-0.2, -0.15) is 0 Å². The van der Waals surface area contributed by atoms with Gasteiger partial charge >= 0.3 is 0 Å². The van der Waals surface area contributed by atoms with Gasteiger partial charge in [0.1, 0.15) is 11.8 Å². The standard InChI is InChI=1S/C14H12N2O4/c17-11(5-16-6-13(18)15-14(19)7-16)10-8-20-12-4-2-1-3-9(10)12/h1-4,8H,5-7H2,(H,15,18,19). The Balaban J connectivity index is 1.79. The molecule has 0 atom stereocenters. The van der Waals surface area contributed by atoms with Crippen molar-refractivity contribution in [2.75, 3.05) is 19.6 Å². The Morgan fingerprint density at radius 1 is 1.20 bits per heavy atom. The maximum Gasteiger partial charge on any atom is 0.240 e. The molecular formula is C14H12N2O4. The van der Waals surface area contributed by atoms with Crippen LogP contribution in [0.5, 0.6) is 0 Å². The average Bonchev–Trinajstić information content (AvgIpc) is 2.81. The quantitative estimate of drug-likeness (QED) is 0.653. The molecule has 0 spiro atoms. The minimum atomic E-state index is -0.383. The first-order valence-corrected chi connectivity index (χ1v) is 6.18. The van der Waals surface area contributed by atoms with Gasteiger partial charge in [-0.3, -0.25) is 24.6 Å². The molecule has 6 nitrogen and oxygen atoms in total. The van der Waals surface area contributed by atoms with E-state index in [1.807, 2.05) is 12.1 Å². The third-order valence-corrected chi connectivity index (χ3v) is 3.16. The maximum absolute atomic E-state index is 12.3. The molecule has 0 saturated carbocycles. The smallest absolute Gasteiger partial charge is 0.240 e. The van der Waals surface area contributed by atoms with E-state index in [9.17, 15) is 14.4 Å². The molecule has 1 N–H and O–H groups in total. The molecule has 0 unspecified atom stereocenters. The van der Waals surface area contributed by atoms with Crippen molar-refractivity contribution in [3.8, 4) is 0 Å². The second kappa shape index (κ2) is 4.90. The second-order valence-electron chi connectivity index (χ2n) is 4.69. The Labute approximate surface area is 114 Å². The molecule has 0 aliphatic carbocycles. The average molecular weight is 272 g/mol. The zero-order chi connectivity index (χ0) is 14.1. The molecule has 1 aliphatic rings. The largest absolute Gasteiger partial charge is 0.464 e. The predicted molar refractivity (Wildman–Crippen MR) is 70.1 cm³/mol. The van der Waals surface area contributed by atoms with Gasteiger partial charge in [0, 0.05) is 5.39 Å². The van der Waals surface area contributed by atoms with Gasteiger partial charge in [0.2, 0.25) is 11.8 Å². The molecule has 1 aliphatic heterocycles. The molecule has 3 rings (SSSR count). The summed E-state index contributed by atoms with van der Waals surface area (Å²) in [6, 6.07) is 7.24. The Morgan fingerprint density at radius 2 is 1.90 bits per heavy atom. The van der Waals surface area contributed by atoms with Crippen molar-refractivity contribution in [2.45, 2.75) is 0 Å². The second-order valence-corrected chi connectivity index (χ2v) is 4.69. The van der Waals surface area contributed by atoms with Gasteiger partial charge in [-0.15, -0.1) is 0 Å². The summed E-state index contributed by atoms with van der Waals surface area (Å²) in [6.07, 6.45) is 1.42. The van der Waals surface area contributed by atoms with Gasteiger partial charge in [-0.1, -0.05) is 18.2 Å². The first-order valence-electron chi connectivity index (χ1n) is 6.18. The zero-order valence-corrected chi connectivity index (χ0v) is 10.6. The Kier molecular flexibility index (Phi) is 3.08. The van der Waals surface area contributed by atoms with Crippen LogP contribution in [0.4, 0.5) is 0 Å². The van der Waals surface area contributed by atoms with Crippen LogP contribution in [0.1, 0.15) is 10.4 Å². The van der Waals surface area contributed by atoms with Crippen molar-refractivity contribution >= 4 is 28.6 Å². The number of hydrogen-bond acceptors (Lipinski definition) is 5. The molecule has 2 heterocycles. The van der Waals surface area contributed by atoms with Gasteiger partial charge in [-0.05, 0) is 6.07 Å². The summed E-state index contributed by atoms with van der Waals surface area (Å²) in [6.45, 7) is 0.114. The number of furan rings is 1. The minimum Gasteiger partial charge on any atom is -0.464 e. The highest BCUT2D eigenvalue weighted by molar-refractivity contribution is 6.08. The van der Waals surface area contributed by atoms with Gasteiger partial charge in [0.05, 0.1) is 25.2 Å². The number of nitrogens with one attached hydrogen (secondary N) is 1. The number of carbonyl (C=O) groups is 3. The number of Topliss-reactive ketones (excluding diaryl/α,β-unsaturated/α-hetero) is 1. The van der Waals surface area contributed by atoms with Gasteiger partial charge in [0.15, 0.2) is 5.78 Å². The summed E-state index contributed by atoms with van der Waals surface area (Å²) in [5.41, 5.74) is 1.11. The summed E-state index contributed by atoms with van der Waals surface area (Å²) >= 11 is 0. The first kappa shape index (κ1) is 12.6. The molecule has 0 radical (unpaired) electrons. The number of amides is 2. The Bertz CT molecular complexity index is 688. The van der Waals surface area contributed by atoms with Crippen LogP contribution < -0.4 is 5.32 Å². The number of benzene rings is 1. The third kappa shape index (κ3) is 2.33. The summed E-state index contributed by atoms with van der Waals surface area (Å²) in [5.74, 6) is -0.936. The van der Waals surface area contributed by atoms with E-state index in [-0.39, 0.29) is 37.2 Å². The van der Waals surface area contributed by atoms with Gasteiger partial charge in [0.25, 0.3) is 0 Å². The number of carbonyl (C=O) groups excluding carboxylic acids is 3. The predicted octanol–water partition coefficient (Wildman–Crippen LogP) is 0.574. The van der Waals surface area contributed by atoms with E-state index in [0.717, 1.165) is 5.39 Å². The Morgan fingerprint density at radius 3 is 2.65 bits per heavy atom. The molecule has 20 heavy (non-hydrogen) atoms. The fourth-order valence-corrected chi connectivity index (χ4v) is 2.29. The molecule has 1 aromatic heterocycles. The molecule has 2 amide bonds. The summed E-state index contributed by atoms with van der Waals surface area (Å²) in [4.78, 5) is 36.3. The molecule has 6 heteroatoms. The lowest BCUT2D eigenvalue weighted by molar-refractivity contribution is -0.135. The zero-order valence-electron chi connectivity index (χ0n) is 10.6. The number of ketones is 1. The fourth-order valence-electron chi connectivity index (χ4n) is 2.29. The van der Waals surface area contributed by atoms with Crippen LogP contribution in [0.2, 0.25) is 0 Å². The van der Waals surface area contributed by atoms with E-state index in [1.165, 1.54) is 11.2 Å². The van der Waals surface area contributed by atoms with Gasteiger partial charge < -0.3 is 4.42 Å². The highest BCUT2D eigenvalue weighted by atomic mass is 16.3. The lowest BCUT2D eigenvalue weighted by Gasteiger charge is -2.24. The van der Waals surface area contributed by atoms with Crippen molar-refractivity contribution in [3.05, 3.63) is 36.1 Å². The lowest BCUT2D eigenvalue weighted by Crippen LogP contribution is -2.52. The number of imide groups is 1. The van der Waals surface area contributed by atoms with Crippen LogP contribution >= 0.6 is 0 Å². The van der Waals surface area contributed by atoms with Crippen molar-refractivity contribution in [1.29, 1.82) is 0 Å². The van der Waals surface area contributed by atoms with E-state index >= 15 is 0 Å². The topological polar surface area (TPSA) is 79.6 Å². The van der Waals surface area contributed by atoms with E-state index in [2.05, 4.69) is 5.32 Å². The van der Waals surface area contributed by atoms with Gasteiger partial charge in [-0.25, -0.2) is 0 Å². The Hall–Kier alpha value is -2.47. The van der Waals surface area contributed by atoms with Crippen LogP contribution in [-0.2, 0) is 9.59 Å². The number of hydrogen-bond donors (Lipinski definition) is 1. The van der Waals surface area contributed by atoms with Crippen LogP contribution in [-0.4, -0.2) is 42.1 Å². The van der Waals surface area contributed by atoms with E-state index in [4.69, 9.17) is 4.42 Å². The van der Waals surface area contributed by atoms with Crippen LogP contribution in [0.3, 0.4) is 0 Å². The SMILES string of the molecule is O=C1CN(CC(=O)c2coc3ccccc23)CC(=O)N1. The molecule has 1 aromatic carbocycles. The normalized spacial score (nSPS) is 16.4. The maximum atomic E-state index is 12.3.